The molecule has 0 aliphatic heterocycles. The second-order valence-electron chi connectivity index (χ2n) is 3.29. The largest absolute Gasteiger partial charge is 0.277 e. The van der Waals surface area contributed by atoms with E-state index in [9.17, 15) is 8.42 Å². The van der Waals surface area contributed by atoms with E-state index in [1.807, 2.05) is 0 Å². The number of anilines is 1. The predicted octanol–water partition coefficient (Wildman–Crippen LogP) is 4.67. The van der Waals surface area contributed by atoms with Crippen LogP contribution in [0.4, 0.5) is 5.69 Å². The maximum absolute atomic E-state index is 12.2. The van der Waals surface area contributed by atoms with Gasteiger partial charge in [-0.3, -0.25) is 4.72 Å². The summed E-state index contributed by atoms with van der Waals surface area (Å²) in [5.74, 6) is 0. The highest BCUT2D eigenvalue weighted by Crippen LogP contribution is 2.35. The molecule has 0 saturated heterocycles. The van der Waals surface area contributed by atoms with Crippen LogP contribution in [0.25, 0.3) is 0 Å². The molecule has 0 aromatic carbocycles. The molecule has 0 aliphatic carbocycles. The molecule has 10 heteroatoms. The molecule has 102 valence electrons. The number of nitrogens with one attached hydrogen (secondary N) is 1. The van der Waals surface area contributed by atoms with E-state index < -0.39 is 10.0 Å². The summed E-state index contributed by atoms with van der Waals surface area (Å²) < 4.78 is 27.3. The van der Waals surface area contributed by atoms with Crippen molar-refractivity contribution in [2.75, 3.05) is 4.72 Å². The summed E-state index contributed by atoms with van der Waals surface area (Å²) in [6.07, 6.45) is 1.39. The average Bonchev–Trinajstić information content (AvgIpc) is 2.63. The minimum Gasteiger partial charge on any atom is -0.277 e. The molecule has 4 nitrogen and oxygen atoms in total. The smallest absolute Gasteiger partial charge is 0.264 e. The van der Waals surface area contributed by atoms with E-state index >= 15 is 0 Å². The van der Waals surface area contributed by atoms with Gasteiger partial charge in [0.15, 0.2) is 0 Å². The van der Waals surface area contributed by atoms with Crippen molar-refractivity contribution in [2.24, 2.45) is 0 Å². The molecule has 2 aromatic heterocycles. The lowest BCUT2D eigenvalue weighted by Gasteiger charge is -2.08. The summed E-state index contributed by atoms with van der Waals surface area (Å²) in [5, 5.41) is 0.301. The number of nitrogens with zero attached hydrogens (tertiary/aromatic N) is 1. The number of thiophene rings is 1. The highest BCUT2D eigenvalue weighted by molar-refractivity contribution is 9.10. The number of rotatable bonds is 3. The van der Waals surface area contributed by atoms with Crippen LogP contribution in [-0.4, -0.2) is 13.4 Å². The maximum Gasteiger partial charge on any atom is 0.264 e. The molecule has 0 saturated carbocycles. The molecular weight excluding hydrogens is 419 g/mol. The molecule has 1 N–H and O–H groups in total. The van der Waals surface area contributed by atoms with Crippen LogP contribution in [0.3, 0.4) is 0 Å². The van der Waals surface area contributed by atoms with Gasteiger partial charge >= 0.3 is 0 Å². The van der Waals surface area contributed by atoms with Crippen LogP contribution in [0.1, 0.15) is 0 Å². The predicted molar refractivity (Wildman–Crippen MR) is 82.1 cm³/mol. The third kappa shape index (κ3) is 3.53. The summed E-state index contributed by atoms with van der Waals surface area (Å²) in [6, 6.07) is 2.71. The van der Waals surface area contributed by atoms with E-state index in [2.05, 4.69) is 25.6 Å². The number of hydrogen-bond donors (Lipinski definition) is 1. The molecule has 0 radical (unpaired) electrons. The molecule has 0 fully saturated rings. The van der Waals surface area contributed by atoms with Gasteiger partial charge in [0.1, 0.15) is 13.8 Å². The maximum atomic E-state index is 12.2. The highest BCUT2D eigenvalue weighted by atomic mass is 79.9. The second-order valence-corrected chi connectivity index (χ2v) is 8.41. The lowest BCUT2D eigenvalue weighted by molar-refractivity contribution is 0.601. The van der Waals surface area contributed by atoms with E-state index in [0.29, 0.717) is 9.63 Å². The Kier molecular flexibility index (Phi) is 4.64. The third-order valence-corrected chi connectivity index (χ3v) is 5.92. The molecule has 0 unspecified atom stereocenters. The van der Waals surface area contributed by atoms with Crippen molar-refractivity contribution in [3.63, 3.8) is 0 Å². The number of pyridine rings is 1. The van der Waals surface area contributed by atoms with Gasteiger partial charge in [-0.05, 0) is 28.1 Å². The fourth-order valence-electron chi connectivity index (χ4n) is 1.20. The van der Waals surface area contributed by atoms with Crippen molar-refractivity contribution in [3.8, 4) is 0 Å². The van der Waals surface area contributed by atoms with Crippen LogP contribution < -0.4 is 4.72 Å². The lowest BCUT2D eigenvalue weighted by atomic mass is 10.4. The Morgan fingerprint density at radius 3 is 2.53 bits per heavy atom. The van der Waals surface area contributed by atoms with Crippen LogP contribution in [0.2, 0.25) is 13.7 Å². The minimum absolute atomic E-state index is 0.0867. The van der Waals surface area contributed by atoms with E-state index in [4.69, 9.17) is 34.8 Å². The van der Waals surface area contributed by atoms with Crippen LogP contribution in [0.15, 0.2) is 27.8 Å². The Balaban J connectivity index is 2.42. The topological polar surface area (TPSA) is 59.1 Å². The van der Waals surface area contributed by atoms with Gasteiger partial charge in [0, 0.05) is 6.20 Å². The fourth-order valence-corrected chi connectivity index (χ4v) is 5.02. The summed E-state index contributed by atoms with van der Waals surface area (Å²) in [4.78, 5) is 3.80. The zero-order valence-corrected chi connectivity index (χ0v) is 14.3. The Hall–Kier alpha value is -0.0500. The number of aromatic nitrogens is 1. The first-order chi connectivity index (χ1) is 8.79. The summed E-state index contributed by atoms with van der Waals surface area (Å²) in [7, 11) is -3.85. The highest BCUT2D eigenvalue weighted by Gasteiger charge is 2.22. The van der Waals surface area contributed by atoms with Crippen molar-refractivity contribution < 1.29 is 8.42 Å². The van der Waals surface area contributed by atoms with Crippen molar-refractivity contribution in [1.82, 2.24) is 4.98 Å². The van der Waals surface area contributed by atoms with E-state index in [0.717, 1.165) is 11.3 Å². The summed E-state index contributed by atoms with van der Waals surface area (Å²) in [6.45, 7) is 0. The molecule has 0 aliphatic rings. The van der Waals surface area contributed by atoms with Gasteiger partial charge in [-0.15, -0.1) is 11.3 Å². The van der Waals surface area contributed by atoms with Crippen LogP contribution >= 0.6 is 62.1 Å². The molecule has 2 heterocycles. The molecule has 19 heavy (non-hydrogen) atoms. The fraction of sp³-hybridized carbons (Fsp3) is 0. The Labute approximate surface area is 136 Å². The molecule has 0 amide bonds. The monoisotopic (exact) mass is 420 g/mol. The standard InChI is InChI=1S/C9H4BrCl3N2O2S2/c10-8-5(1-4(11)3-14-8)15-19(16,17)6-2-7(12)18-9(6)13/h1-3,15H. The number of sulfonamides is 1. The molecule has 0 spiro atoms. The summed E-state index contributed by atoms with van der Waals surface area (Å²) >= 11 is 21.4. The van der Waals surface area contributed by atoms with Crippen molar-refractivity contribution in [2.45, 2.75) is 4.90 Å². The number of halogens is 4. The Morgan fingerprint density at radius 1 is 1.26 bits per heavy atom. The van der Waals surface area contributed by atoms with Crippen molar-refractivity contribution in [3.05, 3.63) is 36.6 Å². The van der Waals surface area contributed by atoms with Gasteiger partial charge in [0.25, 0.3) is 10.0 Å². The number of hydrogen-bond acceptors (Lipinski definition) is 4. The molecular formula is C9H4BrCl3N2O2S2. The average molecular weight is 423 g/mol. The van der Waals surface area contributed by atoms with Crippen molar-refractivity contribution >= 4 is 77.8 Å². The molecule has 0 bridgehead atoms. The Morgan fingerprint density at radius 2 is 1.95 bits per heavy atom. The van der Waals surface area contributed by atoms with E-state index in [-0.39, 0.29) is 19.3 Å². The van der Waals surface area contributed by atoms with Gasteiger partial charge in [-0.25, -0.2) is 13.4 Å². The van der Waals surface area contributed by atoms with Crippen LogP contribution in [0, 0.1) is 0 Å². The normalized spacial score (nSPS) is 11.6. The first kappa shape index (κ1) is 15.3. The molecule has 2 rings (SSSR count). The van der Waals surface area contributed by atoms with Gasteiger partial charge < -0.3 is 0 Å². The summed E-state index contributed by atoms with van der Waals surface area (Å²) in [5.41, 5.74) is 0.214. The SMILES string of the molecule is O=S(=O)(Nc1cc(Cl)cnc1Br)c1cc(Cl)sc1Cl. The minimum atomic E-state index is -3.85. The lowest BCUT2D eigenvalue weighted by Crippen LogP contribution is -2.13. The first-order valence-corrected chi connectivity index (χ1v) is 8.81. The Bertz CT molecular complexity index is 733. The quantitative estimate of drug-likeness (QED) is 0.732. The van der Waals surface area contributed by atoms with Crippen molar-refractivity contribution in [1.29, 1.82) is 0 Å². The zero-order chi connectivity index (χ0) is 14.2. The second kappa shape index (κ2) is 5.75. The van der Waals surface area contributed by atoms with Crippen LogP contribution in [0.5, 0.6) is 0 Å². The van der Waals surface area contributed by atoms with E-state index in [1.165, 1.54) is 18.3 Å². The zero-order valence-electron chi connectivity index (χ0n) is 8.82. The van der Waals surface area contributed by atoms with Gasteiger partial charge in [0.2, 0.25) is 0 Å². The molecule has 0 atom stereocenters. The molecule has 2 aromatic rings. The first-order valence-electron chi connectivity index (χ1n) is 4.58. The third-order valence-electron chi connectivity index (χ3n) is 1.96. The van der Waals surface area contributed by atoms with Gasteiger partial charge in [-0.2, -0.15) is 0 Å². The van der Waals surface area contributed by atoms with Crippen LogP contribution in [-0.2, 0) is 10.0 Å². The van der Waals surface area contributed by atoms with Gasteiger partial charge in [-0.1, -0.05) is 34.8 Å². The van der Waals surface area contributed by atoms with E-state index in [1.54, 1.807) is 0 Å². The van der Waals surface area contributed by atoms with Gasteiger partial charge in [0.05, 0.1) is 15.0 Å².